The molecule has 2 heterocycles. The molecule has 1 saturated heterocycles. The highest BCUT2D eigenvalue weighted by molar-refractivity contribution is 6.06. The summed E-state index contributed by atoms with van der Waals surface area (Å²) in [6, 6.07) is 7.03. The van der Waals surface area contributed by atoms with Gasteiger partial charge < -0.3 is 19.9 Å². The number of hydrogen-bond acceptors (Lipinski definition) is 6. The Morgan fingerprint density at radius 1 is 1.30 bits per heavy atom. The molecule has 2 aromatic rings. The minimum atomic E-state index is -1.89. The zero-order chi connectivity index (χ0) is 24.6. The Morgan fingerprint density at radius 2 is 2.09 bits per heavy atom. The molecule has 10 heteroatoms. The average Bonchev–Trinajstić information content (AvgIpc) is 3.14. The molecule has 9 nitrogen and oxygen atoms in total. The van der Waals surface area contributed by atoms with Gasteiger partial charge in [-0.05, 0) is 36.8 Å². The molecular weight excluding hydrogens is 431 g/mol. The third kappa shape index (κ3) is 4.50. The molecule has 0 aromatic heterocycles. The quantitative estimate of drug-likeness (QED) is 0.670. The molecule has 2 N–H and O–H groups in total. The van der Waals surface area contributed by atoms with Gasteiger partial charge in [0.25, 0.3) is 5.91 Å². The fraction of sp³-hybridized carbons (Fsp3) is 0.304. The normalized spacial score (nSPS) is 20.2. The van der Waals surface area contributed by atoms with E-state index in [1.165, 1.54) is 37.2 Å². The molecule has 2 aromatic carbocycles. The van der Waals surface area contributed by atoms with E-state index in [0.29, 0.717) is 16.8 Å². The van der Waals surface area contributed by atoms with Crippen molar-refractivity contribution in [2.24, 2.45) is 0 Å². The third-order valence-electron chi connectivity index (χ3n) is 5.45. The molecule has 0 aliphatic carbocycles. The molecule has 4 rings (SSSR count). The van der Waals surface area contributed by atoms with Crippen LogP contribution in [0.25, 0.3) is 0 Å². The molecule has 1 unspecified atom stereocenters. The number of carbonyl (C=O) groups is 4. The second-order valence-corrected chi connectivity index (χ2v) is 7.92. The maximum absolute atomic E-state index is 14.4. The largest absolute Gasteiger partial charge is 0.414 e. The van der Waals surface area contributed by atoms with Gasteiger partial charge in [0.15, 0.2) is 0 Å². The van der Waals surface area contributed by atoms with Crippen LogP contribution in [-0.2, 0) is 22.7 Å². The van der Waals surface area contributed by atoms with Crippen LogP contribution in [-0.4, -0.2) is 53.7 Å². The summed E-state index contributed by atoms with van der Waals surface area (Å²) in [5, 5.41) is 5.23. The van der Waals surface area contributed by atoms with E-state index in [1.807, 2.05) is 0 Å². The number of fused-ring (bicyclic) bond motifs is 1. The Morgan fingerprint density at radius 3 is 2.82 bits per heavy atom. The van der Waals surface area contributed by atoms with Crippen molar-refractivity contribution in [3.8, 4) is 5.75 Å². The second kappa shape index (κ2) is 8.89. The summed E-state index contributed by atoms with van der Waals surface area (Å²) in [6.45, 7) is 0.0241. The van der Waals surface area contributed by atoms with E-state index in [9.17, 15) is 23.6 Å². The summed E-state index contributed by atoms with van der Waals surface area (Å²) in [6.07, 6.45) is -0.721. The molecule has 0 spiro atoms. The van der Waals surface area contributed by atoms with Crippen LogP contribution in [0.2, 0.25) is 0 Å². The lowest BCUT2D eigenvalue weighted by atomic mass is 10.0. The maximum atomic E-state index is 14.4. The van der Waals surface area contributed by atoms with E-state index in [2.05, 4.69) is 10.6 Å². The van der Waals surface area contributed by atoms with E-state index in [0.717, 1.165) is 4.90 Å². The van der Waals surface area contributed by atoms with Crippen molar-refractivity contribution in [2.45, 2.75) is 31.9 Å². The number of nitrogens with one attached hydrogen (secondary N) is 2. The monoisotopic (exact) mass is 455 g/mol. The predicted octanol–water partition coefficient (Wildman–Crippen LogP) is 2.26. The summed E-state index contributed by atoms with van der Waals surface area (Å²) in [5.41, 5.74) is 1.68. The Bertz CT molecular complexity index is 1200. The number of hydrogen-bond donors (Lipinski definition) is 2. The zero-order valence-electron chi connectivity index (χ0n) is 19.1. The summed E-state index contributed by atoms with van der Waals surface area (Å²) in [7, 11) is 3.06. The molecule has 0 radical (unpaired) electrons. The number of imide groups is 1. The van der Waals surface area contributed by atoms with Gasteiger partial charge >= 0.3 is 6.09 Å². The number of carbonyl (C=O) groups excluding carboxylic acids is 4. The van der Waals surface area contributed by atoms with Crippen LogP contribution in [0.3, 0.4) is 0 Å². The van der Waals surface area contributed by atoms with E-state index in [-0.39, 0.29) is 37.2 Å². The molecule has 0 bridgehead atoms. The minimum Gasteiger partial charge on any atom is -0.410 e. The predicted molar refractivity (Wildman–Crippen MR) is 116 cm³/mol. The Kier molecular flexibility index (Phi) is 5.64. The number of nitrogens with zero attached hydrogens (tertiary/aromatic N) is 2. The molecule has 33 heavy (non-hydrogen) atoms. The highest BCUT2D eigenvalue weighted by Crippen LogP contribution is 2.32. The number of rotatable bonds is 5. The van der Waals surface area contributed by atoms with Crippen molar-refractivity contribution < 1.29 is 29.7 Å². The number of ether oxygens (including phenoxy) is 1. The van der Waals surface area contributed by atoms with Crippen molar-refractivity contribution in [1.82, 2.24) is 15.1 Å². The van der Waals surface area contributed by atoms with Crippen LogP contribution < -0.4 is 15.4 Å². The number of anilines is 1. The van der Waals surface area contributed by atoms with Crippen molar-refractivity contribution in [3.63, 3.8) is 0 Å². The summed E-state index contributed by atoms with van der Waals surface area (Å²) in [5.74, 6) is -2.10. The molecule has 1 atom stereocenters. The highest BCUT2D eigenvalue weighted by atomic mass is 19.1. The molecule has 1 fully saturated rings. The highest BCUT2D eigenvalue weighted by Gasteiger charge is 2.39. The van der Waals surface area contributed by atoms with Gasteiger partial charge in [0.1, 0.15) is 17.6 Å². The summed E-state index contributed by atoms with van der Waals surface area (Å²) >= 11 is 0. The van der Waals surface area contributed by atoms with E-state index >= 15 is 0 Å². The van der Waals surface area contributed by atoms with Crippen LogP contribution in [0.4, 0.5) is 14.9 Å². The Hall–Kier alpha value is -3.95. The lowest BCUT2D eigenvalue weighted by Gasteiger charge is -2.29. The van der Waals surface area contributed by atoms with Gasteiger partial charge in [-0.15, -0.1) is 0 Å². The van der Waals surface area contributed by atoms with E-state index in [1.54, 1.807) is 18.2 Å². The van der Waals surface area contributed by atoms with Crippen LogP contribution in [0.15, 0.2) is 36.4 Å². The fourth-order valence-corrected chi connectivity index (χ4v) is 3.71. The van der Waals surface area contributed by atoms with Gasteiger partial charge in [-0.3, -0.25) is 19.7 Å². The average molecular weight is 455 g/mol. The Labute approximate surface area is 190 Å². The number of benzene rings is 2. The van der Waals surface area contributed by atoms with Gasteiger partial charge in [0.05, 0.1) is 1.37 Å². The second-order valence-electron chi connectivity index (χ2n) is 7.92. The summed E-state index contributed by atoms with van der Waals surface area (Å²) in [4.78, 5) is 51.1. The van der Waals surface area contributed by atoms with Crippen molar-refractivity contribution in [3.05, 3.63) is 58.9 Å². The van der Waals surface area contributed by atoms with Crippen LogP contribution in [0, 0.1) is 5.82 Å². The molecule has 0 saturated carbocycles. The zero-order valence-corrected chi connectivity index (χ0v) is 18.1. The number of amides is 4. The van der Waals surface area contributed by atoms with Crippen molar-refractivity contribution in [2.75, 3.05) is 19.4 Å². The SMILES string of the molecule is [2H]C1(N2Cc3c(NCc4cc(OC(=O)N(C)C)ccc4F)cccc3C2=O)CCC(=O)NC1=O. The Balaban J connectivity index is 1.53. The van der Waals surface area contributed by atoms with E-state index < -0.39 is 35.6 Å². The van der Waals surface area contributed by atoms with Crippen molar-refractivity contribution >= 4 is 29.5 Å². The van der Waals surface area contributed by atoms with Gasteiger partial charge in [-0.1, -0.05) is 6.07 Å². The van der Waals surface area contributed by atoms with Crippen LogP contribution in [0.1, 0.15) is 35.7 Å². The maximum Gasteiger partial charge on any atom is 0.414 e. The molecule has 2 aliphatic heterocycles. The smallest absolute Gasteiger partial charge is 0.410 e. The first-order valence-corrected chi connectivity index (χ1v) is 10.3. The molecule has 4 amide bonds. The van der Waals surface area contributed by atoms with Gasteiger partial charge in [-0.2, -0.15) is 0 Å². The van der Waals surface area contributed by atoms with E-state index in [4.69, 9.17) is 6.11 Å². The molecule has 172 valence electrons. The summed E-state index contributed by atoms with van der Waals surface area (Å²) < 4.78 is 28.2. The van der Waals surface area contributed by atoms with Crippen LogP contribution in [0.5, 0.6) is 5.75 Å². The number of piperidine rings is 1. The van der Waals surface area contributed by atoms with Crippen molar-refractivity contribution in [1.29, 1.82) is 0 Å². The first-order chi connectivity index (χ1) is 16.1. The van der Waals surface area contributed by atoms with Crippen LogP contribution >= 0.6 is 0 Å². The standard InChI is InChI=1S/C23H23FN4O5/c1-27(2)23(32)33-14-6-7-17(24)13(10-14)11-25-18-5-3-4-15-16(18)12-28(22(15)31)19-8-9-20(29)26-21(19)30/h3-7,10,19,25H,8-9,11-12H2,1-2H3,(H,26,29,30)/i19D. The lowest BCUT2D eigenvalue weighted by Crippen LogP contribution is -2.52. The van der Waals surface area contributed by atoms with Gasteiger partial charge in [0.2, 0.25) is 11.8 Å². The molecular formula is C23H23FN4O5. The first-order valence-electron chi connectivity index (χ1n) is 10.8. The molecule has 2 aliphatic rings. The van der Waals surface area contributed by atoms with Gasteiger partial charge in [-0.25, -0.2) is 9.18 Å². The topological polar surface area (TPSA) is 108 Å². The minimum absolute atomic E-state index is 0.00851. The van der Waals surface area contributed by atoms with Gasteiger partial charge in [0, 0.05) is 56.0 Å². The third-order valence-corrected chi connectivity index (χ3v) is 5.45. The fourth-order valence-electron chi connectivity index (χ4n) is 3.71. The number of halogens is 1. The lowest BCUT2D eigenvalue weighted by molar-refractivity contribution is -0.136. The first kappa shape index (κ1) is 20.9.